The number of imidazole rings is 1. The molecule has 25 heavy (non-hydrogen) atoms. The molecule has 1 aliphatic carbocycles. The van der Waals surface area contributed by atoms with E-state index < -0.39 is 5.66 Å². The molecule has 2 aromatic rings. The first kappa shape index (κ1) is 16.0. The van der Waals surface area contributed by atoms with Crippen molar-refractivity contribution in [3.05, 3.63) is 41.9 Å². The molecule has 2 aliphatic rings. The summed E-state index contributed by atoms with van der Waals surface area (Å²) < 4.78 is 1.93. The Hall–Kier alpha value is -2.54. The van der Waals surface area contributed by atoms with E-state index in [4.69, 9.17) is 28.1 Å². The van der Waals surface area contributed by atoms with Gasteiger partial charge in [0.05, 0.1) is 17.7 Å². The number of nitrogens with zero attached hydrogens (tertiary/aromatic N) is 5. The summed E-state index contributed by atoms with van der Waals surface area (Å²) in [6, 6.07) is 5.69. The molecule has 0 radical (unpaired) electrons. The van der Waals surface area contributed by atoms with Gasteiger partial charge >= 0.3 is 0 Å². The van der Waals surface area contributed by atoms with Crippen LogP contribution in [-0.4, -0.2) is 27.1 Å². The first-order valence-corrected chi connectivity index (χ1v) is 8.74. The van der Waals surface area contributed by atoms with Gasteiger partial charge in [-0.3, -0.25) is 4.90 Å². The summed E-state index contributed by atoms with van der Waals surface area (Å²) in [7, 11) is 0. The third-order valence-corrected chi connectivity index (χ3v) is 5.05. The Bertz CT molecular complexity index is 835. The van der Waals surface area contributed by atoms with Gasteiger partial charge < -0.3 is 16.0 Å². The van der Waals surface area contributed by atoms with E-state index in [2.05, 4.69) is 9.98 Å². The van der Waals surface area contributed by atoms with Crippen LogP contribution in [0.25, 0.3) is 5.69 Å². The van der Waals surface area contributed by atoms with Gasteiger partial charge in [0.25, 0.3) is 0 Å². The molecule has 0 unspecified atom stereocenters. The number of aliphatic imine (C=N–C) groups is 2. The van der Waals surface area contributed by atoms with Gasteiger partial charge in [-0.1, -0.05) is 18.0 Å². The van der Waals surface area contributed by atoms with E-state index in [0.717, 1.165) is 37.1 Å². The second-order valence-corrected chi connectivity index (χ2v) is 6.86. The van der Waals surface area contributed by atoms with Gasteiger partial charge in [-0.2, -0.15) is 4.99 Å². The van der Waals surface area contributed by atoms with Crippen LogP contribution in [0.5, 0.6) is 0 Å². The van der Waals surface area contributed by atoms with Crippen LogP contribution in [-0.2, 0) is 0 Å². The van der Waals surface area contributed by atoms with Crippen molar-refractivity contribution in [3.8, 4) is 5.69 Å². The lowest BCUT2D eigenvalue weighted by molar-refractivity contribution is 0.305. The number of benzene rings is 1. The molecule has 1 saturated carbocycles. The summed E-state index contributed by atoms with van der Waals surface area (Å²) in [6.07, 6.45) is 10.4. The van der Waals surface area contributed by atoms with Crippen LogP contribution < -0.4 is 16.4 Å². The summed E-state index contributed by atoms with van der Waals surface area (Å²) in [4.78, 5) is 15.1. The first-order valence-electron chi connectivity index (χ1n) is 8.37. The van der Waals surface area contributed by atoms with Gasteiger partial charge in [0.1, 0.15) is 5.66 Å². The molecule has 1 aromatic heterocycles. The quantitative estimate of drug-likeness (QED) is 0.863. The van der Waals surface area contributed by atoms with E-state index in [1.54, 1.807) is 12.5 Å². The van der Waals surface area contributed by atoms with Crippen molar-refractivity contribution >= 4 is 29.2 Å². The van der Waals surface area contributed by atoms with Gasteiger partial charge in [0, 0.05) is 17.4 Å². The fourth-order valence-corrected chi connectivity index (χ4v) is 3.93. The van der Waals surface area contributed by atoms with E-state index in [1.165, 1.54) is 6.42 Å². The van der Waals surface area contributed by atoms with E-state index in [9.17, 15) is 0 Å². The van der Waals surface area contributed by atoms with Gasteiger partial charge in [-0.05, 0) is 43.9 Å². The number of nitrogens with two attached hydrogens (primary N) is 2. The predicted molar refractivity (Wildman–Crippen MR) is 100 cm³/mol. The third kappa shape index (κ3) is 2.74. The molecule has 2 heterocycles. The summed E-state index contributed by atoms with van der Waals surface area (Å²) in [5.41, 5.74) is 13.5. The molecule has 1 aliphatic heterocycles. The maximum absolute atomic E-state index is 6.33. The van der Waals surface area contributed by atoms with E-state index >= 15 is 0 Å². The minimum atomic E-state index is -0.506. The lowest BCUT2D eigenvalue weighted by Crippen LogP contribution is -2.58. The van der Waals surface area contributed by atoms with Gasteiger partial charge in [0.15, 0.2) is 0 Å². The predicted octanol–water partition coefficient (Wildman–Crippen LogP) is 2.64. The Labute approximate surface area is 151 Å². The van der Waals surface area contributed by atoms with E-state index in [-0.39, 0.29) is 5.96 Å². The van der Waals surface area contributed by atoms with Crippen molar-refractivity contribution < 1.29 is 0 Å². The topological polar surface area (TPSA) is 97.8 Å². The van der Waals surface area contributed by atoms with Gasteiger partial charge in [0.2, 0.25) is 11.9 Å². The number of aromatic nitrogens is 2. The highest BCUT2D eigenvalue weighted by atomic mass is 35.5. The number of guanidine groups is 2. The third-order valence-electron chi connectivity index (χ3n) is 4.81. The Morgan fingerprint density at radius 3 is 2.60 bits per heavy atom. The number of halogens is 1. The fraction of sp³-hybridized carbons (Fsp3) is 0.353. The first-order chi connectivity index (χ1) is 12.1. The Morgan fingerprint density at radius 2 is 1.88 bits per heavy atom. The van der Waals surface area contributed by atoms with Crippen LogP contribution in [0.15, 0.2) is 46.9 Å². The second-order valence-electron chi connectivity index (χ2n) is 6.42. The summed E-state index contributed by atoms with van der Waals surface area (Å²) in [5, 5.41) is 0.625. The zero-order valence-electron chi connectivity index (χ0n) is 13.8. The number of anilines is 1. The van der Waals surface area contributed by atoms with E-state index in [0.29, 0.717) is 11.0 Å². The van der Waals surface area contributed by atoms with Crippen molar-refractivity contribution in [2.75, 3.05) is 4.90 Å². The van der Waals surface area contributed by atoms with Crippen molar-refractivity contribution in [2.24, 2.45) is 21.5 Å². The molecular formula is C17H20ClN7. The van der Waals surface area contributed by atoms with Gasteiger partial charge in [-0.25, -0.2) is 9.98 Å². The molecule has 1 aromatic carbocycles. The smallest absolute Gasteiger partial charge is 0.220 e. The van der Waals surface area contributed by atoms with E-state index in [1.807, 2.05) is 33.9 Å². The highest BCUT2D eigenvalue weighted by Crippen LogP contribution is 2.42. The molecule has 0 amide bonds. The van der Waals surface area contributed by atoms with Crippen LogP contribution in [0.3, 0.4) is 0 Å². The molecule has 0 atom stereocenters. The minimum absolute atomic E-state index is 0.238. The van der Waals surface area contributed by atoms with Crippen LogP contribution in [0, 0.1) is 0 Å². The SMILES string of the molecule is NC1=NC2(CCCCC2)N(c2cc(Cl)ccc2-n2ccnc2)C(N)=N1. The lowest BCUT2D eigenvalue weighted by atomic mass is 9.87. The molecule has 4 N–H and O–H groups in total. The maximum Gasteiger partial charge on any atom is 0.220 e. The summed E-state index contributed by atoms with van der Waals surface area (Å²) >= 11 is 6.31. The highest BCUT2D eigenvalue weighted by molar-refractivity contribution is 6.31. The normalized spacial score (nSPS) is 19.6. The molecule has 8 heteroatoms. The van der Waals surface area contributed by atoms with Crippen LogP contribution >= 0.6 is 11.6 Å². The van der Waals surface area contributed by atoms with Crippen LogP contribution in [0.2, 0.25) is 5.02 Å². The molecule has 0 saturated heterocycles. The summed E-state index contributed by atoms with van der Waals surface area (Å²) in [5.74, 6) is 0.583. The maximum atomic E-state index is 6.33. The Balaban J connectivity index is 1.90. The average molecular weight is 358 g/mol. The standard InChI is InChI=1S/C17H20ClN7/c18-12-4-5-13(24-9-8-21-11-24)14(10-12)25-16(20)22-15(19)23-17(25)6-2-1-3-7-17/h4-5,8-11H,1-3,6-7H2,(H4,19,20,22,23). The molecule has 7 nitrogen and oxygen atoms in total. The molecule has 1 spiro atoms. The van der Waals surface area contributed by atoms with Gasteiger partial charge in [-0.15, -0.1) is 0 Å². The molecule has 1 fully saturated rings. The number of hydrogen-bond acceptors (Lipinski definition) is 6. The Morgan fingerprint density at radius 1 is 1.08 bits per heavy atom. The molecular weight excluding hydrogens is 338 g/mol. The monoisotopic (exact) mass is 357 g/mol. The molecule has 0 bridgehead atoms. The van der Waals surface area contributed by atoms with Crippen molar-refractivity contribution in [3.63, 3.8) is 0 Å². The average Bonchev–Trinajstić information content (AvgIpc) is 3.09. The highest BCUT2D eigenvalue weighted by Gasteiger charge is 2.43. The van der Waals surface area contributed by atoms with Crippen molar-refractivity contribution in [2.45, 2.75) is 37.8 Å². The largest absolute Gasteiger partial charge is 0.369 e. The Kier molecular flexibility index (Phi) is 3.88. The van der Waals surface area contributed by atoms with Crippen LogP contribution in [0.1, 0.15) is 32.1 Å². The van der Waals surface area contributed by atoms with Crippen molar-refractivity contribution in [1.82, 2.24) is 9.55 Å². The zero-order chi connectivity index (χ0) is 17.4. The molecule has 130 valence electrons. The lowest BCUT2D eigenvalue weighted by Gasteiger charge is -2.46. The summed E-state index contributed by atoms with van der Waals surface area (Å²) in [6.45, 7) is 0. The fourth-order valence-electron chi connectivity index (χ4n) is 3.77. The van der Waals surface area contributed by atoms with Crippen molar-refractivity contribution in [1.29, 1.82) is 0 Å². The van der Waals surface area contributed by atoms with Crippen LogP contribution in [0.4, 0.5) is 5.69 Å². The number of hydrogen-bond donors (Lipinski definition) is 2. The zero-order valence-corrected chi connectivity index (χ0v) is 14.5. The number of rotatable bonds is 2. The minimum Gasteiger partial charge on any atom is -0.369 e. The second kappa shape index (κ2) is 6.07. The molecule has 4 rings (SSSR count).